The fourth-order valence-electron chi connectivity index (χ4n) is 1.87. The van der Waals surface area contributed by atoms with E-state index >= 15 is 0 Å². The van der Waals surface area contributed by atoms with Crippen molar-refractivity contribution >= 4 is 11.8 Å². The van der Waals surface area contributed by atoms with Crippen molar-refractivity contribution in [3.05, 3.63) is 12.2 Å². The minimum Gasteiger partial charge on any atom is -0.355 e. The standard InChI is InChI=1S/C12H20N2O2/c1-4-14(8-9(2)3)12(16)10-5-6-11(15)13-7-10/h10H,2,4-8H2,1,3H3,(H,13,15). The quantitative estimate of drug-likeness (QED) is 0.722. The summed E-state index contributed by atoms with van der Waals surface area (Å²) < 4.78 is 0. The number of nitrogens with zero attached hydrogens (tertiary/aromatic N) is 1. The van der Waals surface area contributed by atoms with Gasteiger partial charge >= 0.3 is 0 Å². The number of rotatable bonds is 4. The van der Waals surface area contributed by atoms with Gasteiger partial charge in [0.2, 0.25) is 11.8 Å². The van der Waals surface area contributed by atoms with E-state index in [4.69, 9.17) is 0 Å². The molecule has 1 heterocycles. The molecule has 0 aliphatic carbocycles. The zero-order valence-corrected chi connectivity index (χ0v) is 10.1. The third kappa shape index (κ3) is 3.36. The van der Waals surface area contributed by atoms with Crippen molar-refractivity contribution in [2.45, 2.75) is 26.7 Å². The Hall–Kier alpha value is -1.32. The monoisotopic (exact) mass is 224 g/mol. The van der Waals surface area contributed by atoms with Gasteiger partial charge in [-0.3, -0.25) is 9.59 Å². The van der Waals surface area contributed by atoms with Crippen LogP contribution in [-0.2, 0) is 9.59 Å². The molecule has 0 aromatic carbocycles. The summed E-state index contributed by atoms with van der Waals surface area (Å²) in [5.74, 6) is 0.120. The predicted molar refractivity (Wildman–Crippen MR) is 62.8 cm³/mol. The van der Waals surface area contributed by atoms with Crippen LogP contribution in [0.4, 0.5) is 0 Å². The van der Waals surface area contributed by atoms with E-state index in [0.29, 0.717) is 32.5 Å². The summed E-state index contributed by atoms with van der Waals surface area (Å²) in [6, 6.07) is 0. The first kappa shape index (κ1) is 12.7. The van der Waals surface area contributed by atoms with E-state index in [9.17, 15) is 9.59 Å². The maximum atomic E-state index is 12.1. The molecule has 0 spiro atoms. The molecule has 4 heteroatoms. The molecule has 0 saturated carbocycles. The summed E-state index contributed by atoms with van der Waals surface area (Å²) in [6.07, 6.45) is 1.12. The molecule has 2 amide bonds. The van der Waals surface area contributed by atoms with Crippen molar-refractivity contribution in [2.75, 3.05) is 19.6 Å². The second-order valence-corrected chi connectivity index (χ2v) is 4.35. The van der Waals surface area contributed by atoms with Crippen molar-refractivity contribution in [1.29, 1.82) is 0 Å². The van der Waals surface area contributed by atoms with Crippen LogP contribution in [0.1, 0.15) is 26.7 Å². The lowest BCUT2D eigenvalue weighted by Gasteiger charge is -2.28. The molecule has 4 nitrogen and oxygen atoms in total. The predicted octanol–water partition coefficient (Wildman–Crippen LogP) is 0.937. The Bertz CT molecular complexity index is 289. The van der Waals surface area contributed by atoms with Crippen molar-refractivity contribution in [3.63, 3.8) is 0 Å². The molecule has 0 aromatic heterocycles. The van der Waals surface area contributed by atoms with Crippen LogP contribution in [-0.4, -0.2) is 36.3 Å². The highest BCUT2D eigenvalue weighted by Gasteiger charge is 2.27. The molecule has 1 rings (SSSR count). The minimum absolute atomic E-state index is 0.0481. The Morgan fingerprint density at radius 3 is 2.75 bits per heavy atom. The number of hydrogen-bond donors (Lipinski definition) is 1. The van der Waals surface area contributed by atoms with E-state index < -0.39 is 0 Å². The summed E-state index contributed by atoms with van der Waals surface area (Å²) in [6.45, 7) is 9.47. The average molecular weight is 224 g/mol. The van der Waals surface area contributed by atoms with E-state index in [0.717, 1.165) is 5.57 Å². The van der Waals surface area contributed by atoms with Gasteiger partial charge in [0, 0.05) is 26.1 Å². The van der Waals surface area contributed by atoms with Gasteiger partial charge in [0.1, 0.15) is 0 Å². The number of piperidine rings is 1. The molecule has 0 radical (unpaired) electrons. The topological polar surface area (TPSA) is 49.4 Å². The van der Waals surface area contributed by atoms with Crippen LogP contribution in [0.15, 0.2) is 12.2 Å². The number of hydrogen-bond acceptors (Lipinski definition) is 2. The van der Waals surface area contributed by atoms with Crippen LogP contribution in [0.25, 0.3) is 0 Å². The highest BCUT2D eigenvalue weighted by molar-refractivity contribution is 5.83. The van der Waals surface area contributed by atoms with Gasteiger partial charge in [0.05, 0.1) is 5.92 Å². The molecule has 1 N–H and O–H groups in total. The van der Waals surface area contributed by atoms with Gasteiger partial charge in [-0.25, -0.2) is 0 Å². The fourth-order valence-corrected chi connectivity index (χ4v) is 1.87. The second kappa shape index (κ2) is 5.68. The van der Waals surface area contributed by atoms with Crippen molar-refractivity contribution in [3.8, 4) is 0 Å². The maximum absolute atomic E-state index is 12.1. The molecule has 0 bridgehead atoms. The number of nitrogens with one attached hydrogen (secondary N) is 1. The number of likely N-dealkylation sites (N-methyl/N-ethyl adjacent to an activating group) is 1. The van der Waals surface area contributed by atoms with E-state index in [2.05, 4.69) is 11.9 Å². The SMILES string of the molecule is C=C(C)CN(CC)C(=O)C1CCC(=O)NC1. The van der Waals surface area contributed by atoms with Gasteiger partial charge < -0.3 is 10.2 Å². The van der Waals surface area contributed by atoms with Gasteiger partial charge in [-0.05, 0) is 20.3 Å². The number of carbonyl (C=O) groups excluding carboxylic acids is 2. The third-order valence-electron chi connectivity index (χ3n) is 2.77. The lowest BCUT2D eigenvalue weighted by Crippen LogP contribution is -2.45. The lowest BCUT2D eigenvalue weighted by atomic mass is 9.97. The van der Waals surface area contributed by atoms with Gasteiger partial charge in [0.25, 0.3) is 0 Å². The molecular weight excluding hydrogens is 204 g/mol. The van der Waals surface area contributed by atoms with Gasteiger partial charge in [0.15, 0.2) is 0 Å². The van der Waals surface area contributed by atoms with E-state index in [1.165, 1.54) is 0 Å². The Morgan fingerprint density at radius 1 is 1.62 bits per heavy atom. The van der Waals surface area contributed by atoms with Crippen LogP contribution in [0.2, 0.25) is 0 Å². The van der Waals surface area contributed by atoms with Crippen LogP contribution in [0.5, 0.6) is 0 Å². The third-order valence-corrected chi connectivity index (χ3v) is 2.77. The second-order valence-electron chi connectivity index (χ2n) is 4.35. The van der Waals surface area contributed by atoms with Crippen LogP contribution in [0.3, 0.4) is 0 Å². The van der Waals surface area contributed by atoms with Crippen molar-refractivity contribution < 1.29 is 9.59 Å². The Labute approximate surface area is 96.7 Å². The first-order valence-electron chi connectivity index (χ1n) is 5.74. The highest BCUT2D eigenvalue weighted by atomic mass is 16.2. The van der Waals surface area contributed by atoms with E-state index in [1.54, 1.807) is 4.90 Å². The Morgan fingerprint density at radius 2 is 2.31 bits per heavy atom. The minimum atomic E-state index is -0.0583. The van der Waals surface area contributed by atoms with Crippen molar-refractivity contribution in [2.24, 2.45) is 5.92 Å². The Kier molecular flexibility index (Phi) is 4.52. The van der Waals surface area contributed by atoms with Crippen molar-refractivity contribution in [1.82, 2.24) is 10.2 Å². The molecule has 1 unspecified atom stereocenters. The summed E-state index contributed by atoms with van der Waals surface area (Å²) in [4.78, 5) is 24.9. The molecule has 1 fully saturated rings. The van der Waals surface area contributed by atoms with E-state index in [-0.39, 0.29) is 17.7 Å². The average Bonchev–Trinajstić information content (AvgIpc) is 2.25. The molecule has 0 aromatic rings. The van der Waals surface area contributed by atoms with Crippen LogP contribution < -0.4 is 5.32 Å². The molecule has 1 aliphatic rings. The summed E-state index contributed by atoms with van der Waals surface area (Å²) in [7, 11) is 0. The zero-order chi connectivity index (χ0) is 12.1. The normalized spacial score (nSPS) is 20.1. The van der Waals surface area contributed by atoms with Gasteiger partial charge in [-0.1, -0.05) is 12.2 Å². The summed E-state index contributed by atoms with van der Waals surface area (Å²) >= 11 is 0. The first-order chi connectivity index (χ1) is 7.54. The number of amides is 2. The first-order valence-corrected chi connectivity index (χ1v) is 5.74. The molecule has 1 aliphatic heterocycles. The number of carbonyl (C=O) groups is 2. The highest BCUT2D eigenvalue weighted by Crippen LogP contribution is 2.14. The fraction of sp³-hybridized carbons (Fsp3) is 0.667. The lowest BCUT2D eigenvalue weighted by molar-refractivity contribution is -0.136. The van der Waals surface area contributed by atoms with E-state index in [1.807, 2.05) is 13.8 Å². The largest absolute Gasteiger partial charge is 0.355 e. The molecule has 16 heavy (non-hydrogen) atoms. The molecule has 1 saturated heterocycles. The van der Waals surface area contributed by atoms with Crippen LogP contribution in [0, 0.1) is 5.92 Å². The Balaban J connectivity index is 2.54. The smallest absolute Gasteiger partial charge is 0.227 e. The molecule has 90 valence electrons. The van der Waals surface area contributed by atoms with Gasteiger partial charge in [-0.15, -0.1) is 0 Å². The maximum Gasteiger partial charge on any atom is 0.227 e. The van der Waals surface area contributed by atoms with Crippen LogP contribution >= 0.6 is 0 Å². The van der Waals surface area contributed by atoms with Gasteiger partial charge in [-0.2, -0.15) is 0 Å². The molecular formula is C12H20N2O2. The summed E-state index contributed by atoms with van der Waals surface area (Å²) in [5.41, 5.74) is 0.982. The zero-order valence-electron chi connectivity index (χ0n) is 10.1. The summed E-state index contributed by atoms with van der Waals surface area (Å²) in [5, 5.41) is 2.74. The molecule has 1 atom stereocenters.